The van der Waals surface area contributed by atoms with Gasteiger partial charge in [-0.05, 0) is 62.5 Å². The molecule has 0 bridgehead atoms. The maximum atomic E-state index is 5.63. The van der Waals surface area contributed by atoms with E-state index in [2.05, 4.69) is 62.2 Å². The molecule has 0 aliphatic carbocycles. The van der Waals surface area contributed by atoms with Gasteiger partial charge in [-0.2, -0.15) is 0 Å². The number of nitrogens with one attached hydrogen (secondary N) is 1. The average Bonchev–Trinajstić information content (AvgIpc) is 2.33. The lowest BCUT2D eigenvalue weighted by atomic mass is 10.2. The highest BCUT2D eigenvalue weighted by Gasteiger charge is 2.08. The SMILES string of the molecule is C#CCCOc1c(Br)cc(CNCCC)cc1Br. The van der Waals surface area contributed by atoms with Crippen LogP contribution in [0.25, 0.3) is 0 Å². The fourth-order valence-electron chi connectivity index (χ4n) is 1.47. The molecule has 4 heteroatoms. The largest absolute Gasteiger partial charge is 0.490 e. The van der Waals surface area contributed by atoms with Crippen molar-refractivity contribution in [3.05, 3.63) is 26.6 Å². The molecule has 0 aliphatic heterocycles. The summed E-state index contributed by atoms with van der Waals surface area (Å²) in [5, 5.41) is 3.37. The third-order valence-electron chi connectivity index (χ3n) is 2.31. The van der Waals surface area contributed by atoms with E-state index in [-0.39, 0.29) is 0 Å². The lowest BCUT2D eigenvalue weighted by molar-refractivity contribution is 0.323. The van der Waals surface area contributed by atoms with Crippen LogP contribution < -0.4 is 10.1 Å². The molecule has 2 nitrogen and oxygen atoms in total. The molecule has 0 radical (unpaired) electrons. The van der Waals surface area contributed by atoms with Gasteiger partial charge in [0, 0.05) is 13.0 Å². The summed E-state index contributed by atoms with van der Waals surface area (Å²) < 4.78 is 7.52. The normalized spacial score (nSPS) is 10.1. The van der Waals surface area contributed by atoms with Crippen LogP contribution in [0.5, 0.6) is 5.75 Å². The van der Waals surface area contributed by atoms with Crippen LogP contribution in [0.3, 0.4) is 0 Å². The second-order valence-corrected chi connectivity index (χ2v) is 5.58. The zero-order chi connectivity index (χ0) is 13.4. The first-order chi connectivity index (χ1) is 8.69. The van der Waals surface area contributed by atoms with E-state index in [0.717, 1.165) is 34.2 Å². The van der Waals surface area contributed by atoms with E-state index in [1.165, 1.54) is 5.56 Å². The van der Waals surface area contributed by atoms with Crippen molar-refractivity contribution in [1.29, 1.82) is 0 Å². The lowest BCUT2D eigenvalue weighted by Crippen LogP contribution is -2.13. The van der Waals surface area contributed by atoms with Gasteiger partial charge >= 0.3 is 0 Å². The molecule has 1 rings (SSSR count). The van der Waals surface area contributed by atoms with Gasteiger partial charge in [-0.15, -0.1) is 12.3 Å². The van der Waals surface area contributed by atoms with Crippen LogP contribution >= 0.6 is 31.9 Å². The van der Waals surface area contributed by atoms with Gasteiger partial charge in [0.2, 0.25) is 0 Å². The molecule has 1 aromatic rings. The molecule has 98 valence electrons. The van der Waals surface area contributed by atoms with Gasteiger partial charge in [-0.3, -0.25) is 0 Å². The number of ether oxygens (including phenoxy) is 1. The molecule has 0 saturated heterocycles. The van der Waals surface area contributed by atoms with Crippen molar-refractivity contribution >= 4 is 31.9 Å². The van der Waals surface area contributed by atoms with Crippen molar-refractivity contribution in [1.82, 2.24) is 5.32 Å². The van der Waals surface area contributed by atoms with E-state index in [1.54, 1.807) is 0 Å². The van der Waals surface area contributed by atoms with Gasteiger partial charge in [0.25, 0.3) is 0 Å². The number of rotatable bonds is 7. The summed E-state index contributed by atoms with van der Waals surface area (Å²) in [6, 6.07) is 4.14. The van der Waals surface area contributed by atoms with E-state index in [9.17, 15) is 0 Å². The molecule has 0 aliphatic rings. The predicted octanol–water partition coefficient (Wildman–Crippen LogP) is 4.11. The Hall–Kier alpha value is -0.500. The van der Waals surface area contributed by atoms with Crippen molar-refractivity contribution in [3.8, 4) is 18.1 Å². The Balaban J connectivity index is 2.68. The molecule has 0 fully saturated rings. The summed E-state index contributed by atoms with van der Waals surface area (Å²) in [5.41, 5.74) is 1.21. The zero-order valence-corrected chi connectivity index (χ0v) is 13.6. The average molecular weight is 375 g/mol. The Bertz CT molecular complexity index is 403. The molecule has 0 spiro atoms. The highest BCUT2D eigenvalue weighted by molar-refractivity contribution is 9.11. The second kappa shape index (κ2) is 8.58. The van der Waals surface area contributed by atoms with Crippen LogP contribution in [0, 0.1) is 12.3 Å². The van der Waals surface area contributed by atoms with Crippen LogP contribution in [0.4, 0.5) is 0 Å². The van der Waals surface area contributed by atoms with E-state index in [4.69, 9.17) is 11.2 Å². The standard InChI is InChI=1S/C14H17Br2NO/c1-3-5-7-18-14-12(15)8-11(9-13(14)16)10-17-6-4-2/h1,8-9,17H,4-7,10H2,2H3. The van der Waals surface area contributed by atoms with Crippen LogP contribution in [0.1, 0.15) is 25.3 Å². The number of halogens is 2. The third kappa shape index (κ3) is 5.01. The minimum atomic E-state index is 0.529. The Morgan fingerprint density at radius 3 is 2.56 bits per heavy atom. The Morgan fingerprint density at radius 2 is 2.00 bits per heavy atom. The zero-order valence-electron chi connectivity index (χ0n) is 10.4. The summed E-state index contributed by atoms with van der Waals surface area (Å²) >= 11 is 7.05. The van der Waals surface area contributed by atoms with Gasteiger partial charge in [0.15, 0.2) is 0 Å². The number of hydrogen-bond acceptors (Lipinski definition) is 2. The Labute approximate surface area is 126 Å². The lowest BCUT2D eigenvalue weighted by Gasteiger charge is -2.12. The molecule has 0 aromatic heterocycles. The third-order valence-corrected chi connectivity index (χ3v) is 3.48. The molecule has 0 saturated carbocycles. The molecule has 0 heterocycles. The minimum absolute atomic E-state index is 0.529. The highest BCUT2D eigenvalue weighted by Crippen LogP contribution is 2.34. The van der Waals surface area contributed by atoms with E-state index < -0.39 is 0 Å². The first-order valence-corrected chi connectivity index (χ1v) is 7.52. The monoisotopic (exact) mass is 373 g/mol. The van der Waals surface area contributed by atoms with Crippen LogP contribution in [-0.4, -0.2) is 13.2 Å². The summed E-state index contributed by atoms with van der Waals surface area (Å²) in [4.78, 5) is 0. The van der Waals surface area contributed by atoms with Gasteiger partial charge in [0.1, 0.15) is 5.75 Å². The van der Waals surface area contributed by atoms with Crippen molar-refractivity contribution in [2.24, 2.45) is 0 Å². The van der Waals surface area contributed by atoms with Crippen LogP contribution in [0.2, 0.25) is 0 Å². The molecule has 1 N–H and O–H groups in total. The van der Waals surface area contributed by atoms with Crippen LogP contribution in [0.15, 0.2) is 21.1 Å². The fourth-order valence-corrected chi connectivity index (χ4v) is 2.98. The summed E-state index contributed by atoms with van der Waals surface area (Å²) in [6.45, 7) is 4.56. The number of benzene rings is 1. The number of hydrogen-bond donors (Lipinski definition) is 1. The van der Waals surface area contributed by atoms with Crippen LogP contribution in [-0.2, 0) is 6.54 Å². The maximum Gasteiger partial charge on any atom is 0.147 e. The molecule has 1 aromatic carbocycles. The van der Waals surface area contributed by atoms with Crippen molar-refractivity contribution < 1.29 is 4.74 Å². The molecule has 18 heavy (non-hydrogen) atoms. The number of terminal acetylenes is 1. The highest BCUT2D eigenvalue weighted by atomic mass is 79.9. The Morgan fingerprint density at radius 1 is 1.33 bits per heavy atom. The van der Waals surface area contributed by atoms with Gasteiger partial charge < -0.3 is 10.1 Å². The smallest absolute Gasteiger partial charge is 0.147 e. The maximum absolute atomic E-state index is 5.63. The van der Waals surface area contributed by atoms with Crippen molar-refractivity contribution in [2.75, 3.05) is 13.2 Å². The first-order valence-electron chi connectivity index (χ1n) is 5.94. The Kier molecular flexibility index (Phi) is 7.41. The quantitative estimate of drug-likeness (QED) is 0.572. The molecular weight excluding hydrogens is 358 g/mol. The summed E-state index contributed by atoms with van der Waals surface area (Å²) in [7, 11) is 0. The predicted molar refractivity (Wildman–Crippen MR) is 82.8 cm³/mol. The van der Waals surface area contributed by atoms with Crippen molar-refractivity contribution in [3.63, 3.8) is 0 Å². The van der Waals surface area contributed by atoms with E-state index >= 15 is 0 Å². The first kappa shape index (κ1) is 15.6. The topological polar surface area (TPSA) is 21.3 Å². The second-order valence-electron chi connectivity index (χ2n) is 3.87. The van der Waals surface area contributed by atoms with E-state index in [0.29, 0.717) is 13.0 Å². The molecule has 0 amide bonds. The summed E-state index contributed by atoms with van der Waals surface area (Å²) in [6.07, 6.45) is 6.94. The molecular formula is C14H17Br2NO. The van der Waals surface area contributed by atoms with E-state index in [1.807, 2.05) is 0 Å². The molecule has 0 atom stereocenters. The molecule has 0 unspecified atom stereocenters. The van der Waals surface area contributed by atoms with Crippen molar-refractivity contribution in [2.45, 2.75) is 26.3 Å². The minimum Gasteiger partial charge on any atom is -0.490 e. The fraction of sp³-hybridized carbons (Fsp3) is 0.429. The summed E-state index contributed by atoms with van der Waals surface area (Å²) in [5.74, 6) is 3.37. The van der Waals surface area contributed by atoms with Gasteiger partial charge in [-0.25, -0.2) is 0 Å². The van der Waals surface area contributed by atoms with Gasteiger partial charge in [-0.1, -0.05) is 6.92 Å². The van der Waals surface area contributed by atoms with Gasteiger partial charge in [0.05, 0.1) is 15.6 Å².